The minimum absolute atomic E-state index is 0. The molecular weight excluding hydrogens is 238 g/mol. The Kier molecular flexibility index (Phi) is 2.76. The molecule has 0 atom stereocenters. The molecule has 2 N–H and O–H groups in total. The Morgan fingerprint density at radius 2 is 2.16 bits per heavy atom. The van der Waals surface area contributed by atoms with Crippen LogP contribution in [0, 0.1) is 5.41 Å². The molecule has 0 unspecified atom stereocenters. The zero-order chi connectivity index (χ0) is 13.2. The van der Waals surface area contributed by atoms with Gasteiger partial charge in [-0.15, -0.1) is 0 Å². The van der Waals surface area contributed by atoms with Crippen LogP contribution in [0.3, 0.4) is 0 Å². The van der Waals surface area contributed by atoms with Crippen molar-refractivity contribution in [2.45, 2.75) is 0 Å². The van der Waals surface area contributed by atoms with Crippen molar-refractivity contribution >= 4 is 34.2 Å². The van der Waals surface area contributed by atoms with E-state index < -0.39 is 0 Å². The topological polar surface area (TPSA) is 61.8 Å². The molecule has 1 aromatic carbocycles. The molecule has 3 rings (SSSR count). The maximum Gasteiger partial charge on any atom is 0.139 e. The number of fused-ring (bicyclic) bond motifs is 3. The fourth-order valence-corrected chi connectivity index (χ4v) is 2.14. The summed E-state index contributed by atoms with van der Waals surface area (Å²) in [5, 5.41) is 9.16. The summed E-state index contributed by atoms with van der Waals surface area (Å²) in [5.41, 5.74) is 2.71. The van der Waals surface area contributed by atoms with E-state index in [1.165, 1.54) is 6.21 Å². The van der Waals surface area contributed by atoms with Crippen molar-refractivity contribution in [3.8, 4) is 5.75 Å². The van der Waals surface area contributed by atoms with E-state index in [0.29, 0.717) is 0 Å². The van der Waals surface area contributed by atoms with Crippen molar-refractivity contribution in [1.82, 2.24) is 9.97 Å². The summed E-state index contributed by atoms with van der Waals surface area (Å²) in [7, 11) is 1.66. The molecule has 96 valence electrons. The van der Waals surface area contributed by atoms with Gasteiger partial charge in [-0.1, -0.05) is 0 Å². The molecule has 4 heteroatoms. The van der Waals surface area contributed by atoms with Crippen molar-refractivity contribution < 1.29 is 6.16 Å². The number of H-pyrrole nitrogens is 1. The van der Waals surface area contributed by atoms with E-state index in [9.17, 15) is 0 Å². The molecule has 0 fully saturated rings. The summed E-state index contributed by atoms with van der Waals surface area (Å²) in [5.74, 6) is 0.834. The van der Waals surface area contributed by atoms with E-state index >= 15 is 0 Å². The first-order valence-electron chi connectivity index (χ1n) is 5.95. The van der Waals surface area contributed by atoms with Gasteiger partial charge in [0.15, 0.2) is 0 Å². The number of hydrogen-bond donors (Lipinski definition) is 2. The zero-order valence-corrected chi connectivity index (χ0v) is 10.5. The van der Waals surface area contributed by atoms with Gasteiger partial charge in [0.25, 0.3) is 0 Å². The van der Waals surface area contributed by atoms with Crippen molar-refractivity contribution in [3.05, 3.63) is 42.1 Å². The number of allylic oxidation sites excluding steroid dienone is 1. The third-order valence-electron chi connectivity index (χ3n) is 3.05. The second-order valence-corrected chi connectivity index (χ2v) is 4.19. The maximum atomic E-state index is 6.99. The standard InChI is InChI=1S/C15H13N3O.H2/c1-19-11-5-7-14-13(9-11)12-6-4-10(3-2-8-16)17-15(12)18-14;/h2-9,16H,1H3,(H,17,18);1H/b3-2-,16-8?;. The Balaban J connectivity index is 0.00000147. The van der Waals surface area contributed by atoms with Gasteiger partial charge in [0.1, 0.15) is 11.4 Å². The van der Waals surface area contributed by atoms with Gasteiger partial charge in [0, 0.05) is 23.9 Å². The lowest BCUT2D eigenvalue weighted by Gasteiger charge is -1.98. The van der Waals surface area contributed by atoms with Crippen LogP contribution in [0.25, 0.3) is 28.0 Å². The predicted molar refractivity (Wildman–Crippen MR) is 80.1 cm³/mol. The van der Waals surface area contributed by atoms with E-state index in [0.717, 1.165) is 33.4 Å². The highest BCUT2D eigenvalue weighted by Gasteiger charge is 2.06. The second kappa shape index (κ2) is 4.57. The van der Waals surface area contributed by atoms with Gasteiger partial charge in [-0.3, -0.25) is 0 Å². The van der Waals surface area contributed by atoms with Crippen LogP contribution in [0.15, 0.2) is 36.4 Å². The number of hydrogen-bond acceptors (Lipinski definition) is 3. The number of nitrogens with one attached hydrogen (secondary N) is 2. The van der Waals surface area contributed by atoms with E-state index in [2.05, 4.69) is 9.97 Å². The Hall–Kier alpha value is -2.62. The first kappa shape index (κ1) is 11.5. The fourth-order valence-electron chi connectivity index (χ4n) is 2.14. The van der Waals surface area contributed by atoms with Crippen molar-refractivity contribution in [3.63, 3.8) is 0 Å². The van der Waals surface area contributed by atoms with E-state index in [1.54, 1.807) is 19.3 Å². The summed E-state index contributed by atoms with van der Waals surface area (Å²) in [6.45, 7) is 0. The molecule has 19 heavy (non-hydrogen) atoms. The molecule has 0 aliphatic heterocycles. The molecule has 0 bridgehead atoms. The number of aromatic amines is 1. The summed E-state index contributed by atoms with van der Waals surface area (Å²) >= 11 is 0. The molecule has 0 amide bonds. The zero-order valence-electron chi connectivity index (χ0n) is 10.5. The normalized spacial score (nSPS) is 11.4. The van der Waals surface area contributed by atoms with Crippen LogP contribution in [-0.2, 0) is 0 Å². The summed E-state index contributed by atoms with van der Waals surface area (Å²) in [6.07, 6.45) is 4.69. The van der Waals surface area contributed by atoms with Crippen LogP contribution in [0.5, 0.6) is 5.75 Å². The van der Waals surface area contributed by atoms with Crippen LogP contribution < -0.4 is 4.74 Å². The lowest BCUT2D eigenvalue weighted by Crippen LogP contribution is -1.81. The minimum atomic E-state index is 0. The average molecular weight is 253 g/mol. The first-order chi connectivity index (χ1) is 9.31. The first-order valence-corrected chi connectivity index (χ1v) is 5.95. The number of benzene rings is 1. The molecule has 3 aromatic rings. The molecule has 0 aliphatic carbocycles. The number of rotatable bonds is 3. The average Bonchev–Trinajstić information content (AvgIpc) is 2.81. The number of methoxy groups -OCH3 is 1. The lowest BCUT2D eigenvalue weighted by atomic mass is 10.2. The van der Waals surface area contributed by atoms with Gasteiger partial charge in [-0.25, -0.2) is 4.98 Å². The summed E-state index contributed by atoms with van der Waals surface area (Å²) < 4.78 is 5.25. The Morgan fingerprint density at radius 1 is 1.26 bits per heavy atom. The Morgan fingerprint density at radius 3 is 2.95 bits per heavy atom. The monoisotopic (exact) mass is 253 g/mol. The van der Waals surface area contributed by atoms with Gasteiger partial charge in [0.2, 0.25) is 0 Å². The quantitative estimate of drug-likeness (QED) is 0.700. The third kappa shape index (κ3) is 1.97. The molecule has 0 aliphatic rings. The summed E-state index contributed by atoms with van der Waals surface area (Å²) in [6, 6.07) is 9.89. The highest BCUT2D eigenvalue weighted by Crippen LogP contribution is 2.27. The second-order valence-electron chi connectivity index (χ2n) is 4.19. The van der Waals surface area contributed by atoms with Crippen molar-refractivity contribution in [1.29, 1.82) is 5.41 Å². The van der Waals surface area contributed by atoms with E-state index in [1.807, 2.05) is 30.3 Å². The molecule has 2 heterocycles. The number of pyridine rings is 1. The van der Waals surface area contributed by atoms with Crippen LogP contribution in [0.1, 0.15) is 7.12 Å². The molecule has 0 spiro atoms. The number of nitrogens with zero attached hydrogens (tertiary/aromatic N) is 1. The van der Waals surface area contributed by atoms with Crippen molar-refractivity contribution in [2.24, 2.45) is 0 Å². The largest absolute Gasteiger partial charge is 0.497 e. The lowest BCUT2D eigenvalue weighted by molar-refractivity contribution is 0.415. The molecule has 4 nitrogen and oxygen atoms in total. The smallest absolute Gasteiger partial charge is 0.139 e. The number of aromatic nitrogens is 2. The Labute approximate surface area is 111 Å². The molecule has 0 saturated carbocycles. The van der Waals surface area contributed by atoms with Gasteiger partial charge in [-0.2, -0.15) is 0 Å². The van der Waals surface area contributed by atoms with Gasteiger partial charge < -0.3 is 15.1 Å². The van der Waals surface area contributed by atoms with Gasteiger partial charge in [0.05, 0.1) is 12.8 Å². The highest BCUT2D eigenvalue weighted by molar-refractivity contribution is 6.06. The molecule has 0 radical (unpaired) electrons. The SMILES string of the molecule is COc1ccc2[nH]c3nc(/C=C\C=N)ccc3c2c1.[HH]. The molecule has 2 aromatic heterocycles. The predicted octanol–water partition coefficient (Wildman–Crippen LogP) is 3.63. The van der Waals surface area contributed by atoms with Gasteiger partial charge >= 0.3 is 0 Å². The van der Waals surface area contributed by atoms with E-state index in [-0.39, 0.29) is 1.43 Å². The van der Waals surface area contributed by atoms with Crippen LogP contribution >= 0.6 is 0 Å². The van der Waals surface area contributed by atoms with Crippen LogP contribution in [0.2, 0.25) is 0 Å². The highest BCUT2D eigenvalue weighted by atomic mass is 16.5. The van der Waals surface area contributed by atoms with Crippen molar-refractivity contribution in [2.75, 3.05) is 7.11 Å². The minimum Gasteiger partial charge on any atom is -0.497 e. The number of ether oxygens (including phenoxy) is 1. The molecule has 0 saturated heterocycles. The maximum absolute atomic E-state index is 6.99. The Bertz CT molecular complexity index is 792. The van der Waals surface area contributed by atoms with Crippen LogP contribution in [0.4, 0.5) is 0 Å². The van der Waals surface area contributed by atoms with E-state index in [4.69, 9.17) is 10.1 Å². The van der Waals surface area contributed by atoms with Crippen LogP contribution in [-0.4, -0.2) is 23.3 Å². The third-order valence-corrected chi connectivity index (χ3v) is 3.05. The van der Waals surface area contributed by atoms with Gasteiger partial charge in [-0.05, 0) is 42.5 Å². The summed E-state index contributed by atoms with van der Waals surface area (Å²) in [4.78, 5) is 7.81. The fraction of sp³-hybridized carbons (Fsp3) is 0.0667. The molecular formula is C15H15N3O.